The van der Waals surface area contributed by atoms with Gasteiger partial charge in [-0.1, -0.05) is 160 Å². The topological polar surface area (TPSA) is 166 Å². The van der Waals surface area contributed by atoms with Gasteiger partial charge in [-0.05, 0) is 32.1 Å². The van der Waals surface area contributed by atoms with Crippen LogP contribution < -0.4 is 0 Å². The molecule has 13 heteroatoms. The third kappa shape index (κ3) is 32.4. The van der Waals surface area contributed by atoms with E-state index in [9.17, 15) is 34.1 Å². The van der Waals surface area contributed by atoms with Crippen LogP contribution in [0, 0.1) is 11.8 Å². The van der Waals surface area contributed by atoms with E-state index < -0.39 is 50.6 Å². The molecule has 0 heterocycles. The molecule has 1 aliphatic rings. The van der Waals surface area contributed by atoms with Crippen molar-refractivity contribution in [3.8, 4) is 0 Å². The van der Waals surface area contributed by atoms with Crippen LogP contribution in [0.4, 0.5) is 0 Å². The van der Waals surface area contributed by atoms with Gasteiger partial charge in [0.1, 0.15) is 25.5 Å². The number of hydrogen-bond acceptors (Lipinski definition) is 10. The van der Waals surface area contributed by atoms with Gasteiger partial charge in [0, 0.05) is 31.1 Å². The summed E-state index contributed by atoms with van der Waals surface area (Å²) in [4.78, 5) is 48.2. The lowest BCUT2D eigenvalue weighted by atomic mass is 9.90. The molecule has 1 saturated carbocycles. The van der Waals surface area contributed by atoms with Crippen LogP contribution in [0.15, 0.2) is 24.3 Å². The van der Waals surface area contributed by atoms with Gasteiger partial charge in [0.05, 0.1) is 40.0 Å². The molecule has 0 bridgehead atoms. The number of rotatable bonds is 40. The zero-order valence-corrected chi connectivity index (χ0v) is 40.0. The summed E-state index contributed by atoms with van der Waals surface area (Å²) in [6, 6.07) is 0. The van der Waals surface area contributed by atoms with Gasteiger partial charge >= 0.3 is 19.8 Å². The lowest BCUT2D eigenvalue weighted by molar-refractivity contribution is -0.870. The SMILES string of the molecule is CCCCCCCCCCCCCCCCCCCC(=O)O[C@H](COC(=O)CCC/C=C\C[C@H]1[C@@H](O)CC(=O)[C@@H]1/C=C/[C@@H](O)CCCCC)COP(=O)(O)OCC[N+](C)(C)C. The molecule has 12 nitrogen and oxygen atoms in total. The molecular weight excluding hydrogens is 797 g/mol. The van der Waals surface area contributed by atoms with Crippen molar-refractivity contribution in [2.45, 2.75) is 206 Å². The van der Waals surface area contributed by atoms with Crippen LogP contribution in [-0.4, -0.2) is 103 Å². The molecule has 3 N–H and O–H groups in total. The molecular formula is C48H89NO11P+. The van der Waals surface area contributed by atoms with Gasteiger partial charge in [0.2, 0.25) is 0 Å². The lowest BCUT2D eigenvalue weighted by Crippen LogP contribution is -2.37. The number of likely N-dealkylation sites (N-methyl/N-ethyl adjacent to an activating group) is 1. The Kier molecular flexibility index (Phi) is 33.2. The summed E-state index contributed by atoms with van der Waals surface area (Å²) >= 11 is 0. The van der Waals surface area contributed by atoms with E-state index in [2.05, 4.69) is 13.8 Å². The van der Waals surface area contributed by atoms with Crippen molar-refractivity contribution in [3.63, 3.8) is 0 Å². The van der Waals surface area contributed by atoms with Crippen LogP contribution in [0.2, 0.25) is 0 Å². The van der Waals surface area contributed by atoms with E-state index in [4.69, 9.17) is 18.5 Å². The summed E-state index contributed by atoms with van der Waals surface area (Å²) in [5.74, 6) is -1.71. The highest BCUT2D eigenvalue weighted by Crippen LogP contribution is 2.43. The maximum atomic E-state index is 12.8. The molecule has 0 saturated heterocycles. The number of quaternary nitrogens is 1. The van der Waals surface area contributed by atoms with Gasteiger partial charge < -0.3 is 29.1 Å². The summed E-state index contributed by atoms with van der Waals surface area (Å²) in [5, 5.41) is 20.8. The third-order valence-electron chi connectivity index (χ3n) is 11.4. The van der Waals surface area contributed by atoms with E-state index in [1.165, 1.54) is 83.5 Å². The Morgan fingerprint density at radius 3 is 1.87 bits per heavy atom. The van der Waals surface area contributed by atoms with Crippen molar-refractivity contribution in [1.82, 2.24) is 0 Å². The van der Waals surface area contributed by atoms with Gasteiger partial charge in [0.15, 0.2) is 6.10 Å². The van der Waals surface area contributed by atoms with Crippen molar-refractivity contribution in [3.05, 3.63) is 24.3 Å². The van der Waals surface area contributed by atoms with Crippen molar-refractivity contribution in [2.24, 2.45) is 11.8 Å². The van der Waals surface area contributed by atoms with Crippen LogP contribution in [0.1, 0.15) is 187 Å². The highest BCUT2D eigenvalue weighted by Gasteiger charge is 2.39. The molecule has 61 heavy (non-hydrogen) atoms. The number of ether oxygens (including phenoxy) is 2. The highest BCUT2D eigenvalue weighted by molar-refractivity contribution is 7.47. The Morgan fingerprint density at radius 1 is 0.754 bits per heavy atom. The summed E-state index contributed by atoms with van der Waals surface area (Å²) in [6.07, 6.45) is 31.6. The number of nitrogens with zero attached hydrogens (tertiary/aromatic N) is 1. The molecule has 0 aromatic heterocycles. The zero-order chi connectivity index (χ0) is 45.2. The third-order valence-corrected chi connectivity index (χ3v) is 12.3. The molecule has 0 aromatic carbocycles. The van der Waals surface area contributed by atoms with E-state index in [0.717, 1.165) is 38.5 Å². The van der Waals surface area contributed by atoms with Gasteiger partial charge in [-0.2, -0.15) is 0 Å². The van der Waals surface area contributed by atoms with Crippen molar-refractivity contribution in [1.29, 1.82) is 0 Å². The van der Waals surface area contributed by atoms with Crippen LogP contribution in [0.5, 0.6) is 0 Å². The number of ketones is 1. The fraction of sp³-hybridized carbons (Fsp3) is 0.854. The molecule has 0 spiro atoms. The first-order chi connectivity index (χ1) is 29.2. The Hall–Kier alpha value is -1.92. The monoisotopic (exact) mass is 887 g/mol. The summed E-state index contributed by atoms with van der Waals surface area (Å²) < 4.78 is 34.3. The number of aliphatic hydroxyl groups is 2. The van der Waals surface area contributed by atoms with Crippen LogP contribution in [0.3, 0.4) is 0 Å². The molecule has 0 aromatic rings. The van der Waals surface area contributed by atoms with E-state index in [-0.39, 0.29) is 44.2 Å². The fourth-order valence-corrected chi connectivity index (χ4v) is 8.21. The number of Topliss-reactive ketones (excluding diaryl/α,β-unsaturated/α-hetero) is 1. The molecule has 1 rings (SSSR count). The zero-order valence-electron chi connectivity index (χ0n) is 39.1. The second-order valence-corrected chi connectivity index (χ2v) is 19.7. The van der Waals surface area contributed by atoms with Gasteiger partial charge in [-0.3, -0.25) is 23.4 Å². The highest BCUT2D eigenvalue weighted by atomic mass is 31.2. The van der Waals surface area contributed by atoms with Crippen molar-refractivity contribution < 1.29 is 57.1 Å². The summed E-state index contributed by atoms with van der Waals surface area (Å²) in [5.41, 5.74) is 0. The quantitative estimate of drug-likeness (QED) is 0.0176. The molecule has 0 aliphatic heterocycles. The number of hydrogen-bond donors (Lipinski definition) is 3. The predicted octanol–water partition coefficient (Wildman–Crippen LogP) is 10.5. The number of carbonyl (C=O) groups excluding carboxylic acids is 3. The minimum absolute atomic E-state index is 0.00913. The largest absolute Gasteiger partial charge is 0.472 e. The second-order valence-electron chi connectivity index (χ2n) is 18.3. The van der Waals surface area contributed by atoms with Gasteiger partial charge in [-0.25, -0.2) is 4.57 Å². The summed E-state index contributed by atoms with van der Waals surface area (Å²) in [7, 11) is 1.34. The van der Waals surface area contributed by atoms with E-state index >= 15 is 0 Å². The molecule has 356 valence electrons. The van der Waals surface area contributed by atoms with Crippen molar-refractivity contribution >= 4 is 25.5 Å². The maximum absolute atomic E-state index is 12.8. The van der Waals surface area contributed by atoms with E-state index in [1.54, 1.807) is 12.2 Å². The van der Waals surface area contributed by atoms with Crippen LogP contribution in [0.25, 0.3) is 0 Å². The number of phosphoric ester groups is 1. The van der Waals surface area contributed by atoms with Crippen molar-refractivity contribution in [2.75, 3.05) is 47.5 Å². The number of unbranched alkanes of at least 4 members (excludes halogenated alkanes) is 19. The molecule has 1 fully saturated rings. The van der Waals surface area contributed by atoms with E-state index in [1.807, 2.05) is 33.3 Å². The number of phosphoric acid groups is 1. The Morgan fingerprint density at radius 2 is 1.30 bits per heavy atom. The predicted molar refractivity (Wildman–Crippen MR) is 244 cm³/mol. The first-order valence-electron chi connectivity index (χ1n) is 24.2. The number of esters is 2. The lowest BCUT2D eigenvalue weighted by Gasteiger charge is -2.24. The van der Waals surface area contributed by atoms with E-state index in [0.29, 0.717) is 43.1 Å². The minimum Gasteiger partial charge on any atom is -0.462 e. The van der Waals surface area contributed by atoms with Crippen LogP contribution in [-0.2, 0) is 37.5 Å². The molecule has 6 atom stereocenters. The maximum Gasteiger partial charge on any atom is 0.472 e. The standard InChI is InChI=1S/C48H88NO11P/c1-6-8-10-11-12-13-14-15-16-17-18-19-20-21-22-23-29-33-48(54)60-42(40-59-61(55,56)58-37-36-49(3,4)5)39-57-47(53)32-28-25-24-27-31-43-44(46(52)38-45(43)51)35-34-41(50)30-26-9-7-2/h24,27,34-35,41-45,50-51H,6-23,25-26,28-33,36-40H2,1-5H3/p+1/b27-24-,35-34+/t41-,42+,43+,44+,45-/m0/s1. The fourth-order valence-electron chi connectivity index (χ4n) is 7.47. The number of allylic oxidation sites excluding steroid dienone is 3. The van der Waals surface area contributed by atoms with Crippen LogP contribution >= 0.6 is 7.82 Å². The molecule has 1 unspecified atom stereocenters. The average Bonchev–Trinajstić information content (AvgIpc) is 3.47. The Balaban J connectivity index is 2.45. The average molecular weight is 887 g/mol. The smallest absolute Gasteiger partial charge is 0.462 e. The first-order valence-corrected chi connectivity index (χ1v) is 25.7. The Bertz CT molecular complexity index is 1250. The second kappa shape index (κ2) is 35.4. The normalized spacial score (nSPS) is 19.1. The van der Waals surface area contributed by atoms with Gasteiger partial charge in [0.25, 0.3) is 0 Å². The first kappa shape index (κ1) is 57.1. The summed E-state index contributed by atoms with van der Waals surface area (Å²) in [6.45, 7) is 4.03. The minimum atomic E-state index is -4.44. The van der Waals surface area contributed by atoms with Gasteiger partial charge in [-0.15, -0.1) is 0 Å². The molecule has 1 aliphatic carbocycles. The molecule has 0 amide bonds. The molecule has 0 radical (unpaired) electrons. The number of aliphatic hydroxyl groups excluding tert-OH is 2. The number of carbonyl (C=O) groups is 3. The Labute approximate surface area is 370 Å².